The summed E-state index contributed by atoms with van der Waals surface area (Å²) in [6.45, 7) is 14.1. The highest BCUT2D eigenvalue weighted by atomic mass is 16.5. The number of phenols is 2. The predicted octanol–water partition coefficient (Wildman–Crippen LogP) is 5.94. The second kappa shape index (κ2) is 6.76. The molecule has 0 amide bonds. The number of aryl methyl sites for hydroxylation is 2. The van der Waals surface area contributed by atoms with Crippen LogP contribution >= 0.6 is 0 Å². The molecule has 24 heavy (non-hydrogen) atoms. The molecule has 2 N–H and O–H groups in total. The molecule has 130 valence electrons. The van der Waals surface area contributed by atoms with Crippen molar-refractivity contribution in [3.63, 3.8) is 0 Å². The molecule has 0 radical (unpaired) electrons. The predicted molar refractivity (Wildman–Crippen MR) is 98.5 cm³/mol. The first-order valence-electron chi connectivity index (χ1n) is 8.65. The van der Waals surface area contributed by atoms with Crippen LogP contribution in [-0.2, 0) is 0 Å². The molecule has 1 aliphatic heterocycles. The van der Waals surface area contributed by atoms with Crippen LogP contribution in [0.2, 0.25) is 0 Å². The van der Waals surface area contributed by atoms with E-state index < -0.39 is 0 Å². The summed E-state index contributed by atoms with van der Waals surface area (Å²) in [5.74, 6) is 2.49. The lowest BCUT2D eigenvalue weighted by Gasteiger charge is -2.33. The molecule has 3 nitrogen and oxygen atoms in total. The second-order valence-corrected chi connectivity index (χ2v) is 6.59. The first kappa shape index (κ1) is 18.2. The summed E-state index contributed by atoms with van der Waals surface area (Å²) in [7, 11) is 0. The van der Waals surface area contributed by atoms with E-state index in [1.165, 1.54) is 0 Å². The summed E-state index contributed by atoms with van der Waals surface area (Å²) in [6, 6.07) is 5.71. The molecule has 0 saturated carbocycles. The van der Waals surface area contributed by atoms with E-state index in [-0.39, 0.29) is 17.4 Å². The smallest absolute Gasteiger partial charge is 0.137 e. The van der Waals surface area contributed by atoms with E-state index in [1.54, 1.807) is 6.07 Å². The van der Waals surface area contributed by atoms with Gasteiger partial charge in [-0.1, -0.05) is 27.7 Å². The highest BCUT2D eigenvalue weighted by Crippen LogP contribution is 2.52. The van der Waals surface area contributed by atoms with Gasteiger partial charge in [0.1, 0.15) is 23.0 Å². The van der Waals surface area contributed by atoms with Crippen molar-refractivity contribution in [2.75, 3.05) is 0 Å². The van der Waals surface area contributed by atoms with E-state index in [9.17, 15) is 10.2 Å². The molecule has 0 saturated heterocycles. The van der Waals surface area contributed by atoms with Gasteiger partial charge in [-0.05, 0) is 49.9 Å². The maximum absolute atomic E-state index is 10.2. The fourth-order valence-electron chi connectivity index (χ4n) is 3.38. The van der Waals surface area contributed by atoms with Crippen molar-refractivity contribution < 1.29 is 14.9 Å². The zero-order valence-corrected chi connectivity index (χ0v) is 15.7. The third kappa shape index (κ3) is 2.83. The van der Waals surface area contributed by atoms with Crippen molar-refractivity contribution in [1.29, 1.82) is 0 Å². The molecule has 1 unspecified atom stereocenters. The van der Waals surface area contributed by atoms with E-state index in [4.69, 9.17) is 4.74 Å². The zero-order chi connectivity index (χ0) is 18.2. The fourth-order valence-corrected chi connectivity index (χ4v) is 3.38. The Labute approximate surface area is 144 Å². The average molecular weight is 328 g/mol. The largest absolute Gasteiger partial charge is 0.508 e. The van der Waals surface area contributed by atoms with Gasteiger partial charge in [-0.3, -0.25) is 0 Å². The summed E-state index contributed by atoms with van der Waals surface area (Å²) in [4.78, 5) is 0. The zero-order valence-electron chi connectivity index (χ0n) is 15.7. The molecule has 0 fully saturated rings. The summed E-state index contributed by atoms with van der Waals surface area (Å²) < 4.78 is 6.04. The van der Waals surface area contributed by atoms with E-state index in [2.05, 4.69) is 13.8 Å². The van der Waals surface area contributed by atoms with Gasteiger partial charge >= 0.3 is 0 Å². The van der Waals surface area contributed by atoms with Crippen LogP contribution in [0, 0.1) is 26.7 Å². The van der Waals surface area contributed by atoms with Crippen LogP contribution in [0.3, 0.4) is 0 Å². The third-order valence-corrected chi connectivity index (χ3v) is 4.58. The SMILES string of the molecule is CC.Cc1cc2c(cc1O)Oc1c(cc(C)c(O)c1C)C2C(C)C. The van der Waals surface area contributed by atoms with Crippen molar-refractivity contribution in [3.05, 3.63) is 46.0 Å². The van der Waals surface area contributed by atoms with E-state index in [1.807, 2.05) is 46.8 Å². The maximum Gasteiger partial charge on any atom is 0.137 e. The summed E-state index contributed by atoms with van der Waals surface area (Å²) in [5.41, 5.74) is 4.68. The summed E-state index contributed by atoms with van der Waals surface area (Å²) in [6.07, 6.45) is 0. The number of fused-ring (bicyclic) bond motifs is 2. The number of ether oxygens (including phenoxy) is 1. The van der Waals surface area contributed by atoms with Crippen molar-refractivity contribution in [1.82, 2.24) is 0 Å². The van der Waals surface area contributed by atoms with Crippen LogP contribution in [0.25, 0.3) is 0 Å². The van der Waals surface area contributed by atoms with E-state index >= 15 is 0 Å². The Kier molecular flexibility index (Phi) is 5.12. The minimum absolute atomic E-state index is 0.191. The van der Waals surface area contributed by atoms with Crippen LogP contribution in [0.1, 0.15) is 61.4 Å². The number of hydrogen-bond acceptors (Lipinski definition) is 3. The molecule has 0 aromatic heterocycles. The minimum atomic E-state index is 0.191. The van der Waals surface area contributed by atoms with Gasteiger partial charge in [0.2, 0.25) is 0 Å². The molecule has 0 spiro atoms. The Morgan fingerprint density at radius 2 is 1.50 bits per heavy atom. The number of rotatable bonds is 1. The van der Waals surface area contributed by atoms with Gasteiger partial charge in [0, 0.05) is 28.7 Å². The number of aromatic hydroxyl groups is 2. The first-order valence-corrected chi connectivity index (χ1v) is 8.65. The quantitative estimate of drug-likeness (QED) is 0.681. The standard InChI is InChI=1S/C19H22O3.C2H6/c1-9(2)17-13-6-10(3)15(20)8-16(13)22-19-12(5)18(21)11(4)7-14(17)19;1-2/h6-9,17,20-21H,1-5H3;1-2H3. The topological polar surface area (TPSA) is 49.7 Å². The second-order valence-electron chi connectivity index (χ2n) is 6.59. The molecule has 2 aromatic carbocycles. The molecule has 3 rings (SSSR count). The van der Waals surface area contributed by atoms with Crippen molar-refractivity contribution in [2.45, 2.75) is 54.4 Å². The van der Waals surface area contributed by atoms with Crippen molar-refractivity contribution in [3.8, 4) is 23.0 Å². The minimum Gasteiger partial charge on any atom is -0.508 e. The van der Waals surface area contributed by atoms with Gasteiger partial charge < -0.3 is 14.9 Å². The highest BCUT2D eigenvalue weighted by Gasteiger charge is 2.32. The monoisotopic (exact) mass is 328 g/mol. The Bertz CT molecular complexity index is 760. The molecule has 1 atom stereocenters. The van der Waals surface area contributed by atoms with Crippen LogP contribution in [-0.4, -0.2) is 10.2 Å². The lowest BCUT2D eigenvalue weighted by molar-refractivity contribution is 0.399. The molecule has 3 heteroatoms. The Hall–Kier alpha value is -2.16. The van der Waals surface area contributed by atoms with Crippen LogP contribution in [0.4, 0.5) is 0 Å². The van der Waals surface area contributed by atoms with Gasteiger partial charge in [-0.15, -0.1) is 0 Å². The lowest BCUT2D eigenvalue weighted by Crippen LogP contribution is -2.16. The molecular formula is C21H28O3. The highest BCUT2D eigenvalue weighted by molar-refractivity contribution is 5.63. The lowest BCUT2D eigenvalue weighted by atomic mass is 9.78. The van der Waals surface area contributed by atoms with E-state index in [0.29, 0.717) is 11.7 Å². The van der Waals surface area contributed by atoms with Crippen LogP contribution < -0.4 is 4.74 Å². The van der Waals surface area contributed by atoms with Gasteiger partial charge in [0.25, 0.3) is 0 Å². The Balaban J connectivity index is 0.00000100. The number of benzene rings is 2. The Morgan fingerprint density at radius 1 is 0.917 bits per heavy atom. The van der Waals surface area contributed by atoms with Gasteiger partial charge in [-0.2, -0.15) is 0 Å². The summed E-state index contributed by atoms with van der Waals surface area (Å²) >= 11 is 0. The Morgan fingerprint density at radius 3 is 2.08 bits per heavy atom. The van der Waals surface area contributed by atoms with Crippen molar-refractivity contribution >= 4 is 0 Å². The molecule has 1 aliphatic rings. The number of hydrogen-bond donors (Lipinski definition) is 2. The maximum atomic E-state index is 10.2. The molecular weight excluding hydrogens is 300 g/mol. The number of phenolic OH excluding ortho intramolecular Hbond substituents is 2. The van der Waals surface area contributed by atoms with Gasteiger partial charge in [0.15, 0.2) is 0 Å². The van der Waals surface area contributed by atoms with Crippen LogP contribution in [0.15, 0.2) is 18.2 Å². The first-order chi connectivity index (χ1) is 11.3. The molecule has 2 aromatic rings. The van der Waals surface area contributed by atoms with E-state index in [0.717, 1.165) is 33.6 Å². The summed E-state index contributed by atoms with van der Waals surface area (Å²) in [5, 5.41) is 20.2. The normalized spacial score (nSPS) is 15.1. The third-order valence-electron chi connectivity index (χ3n) is 4.58. The average Bonchev–Trinajstić information content (AvgIpc) is 2.54. The van der Waals surface area contributed by atoms with Gasteiger partial charge in [-0.25, -0.2) is 0 Å². The van der Waals surface area contributed by atoms with Crippen molar-refractivity contribution in [2.24, 2.45) is 5.92 Å². The molecule has 1 heterocycles. The molecule has 0 aliphatic carbocycles. The fraction of sp³-hybridized carbons (Fsp3) is 0.429. The molecule has 0 bridgehead atoms. The van der Waals surface area contributed by atoms with Crippen LogP contribution in [0.5, 0.6) is 23.0 Å². The van der Waals surface area contributed by atoms with Gasteiger partial charge in [0.05, 0.1) is 0 Å².